The number of phenolic OH excluding ortho intramolecular Hbond substituents is 2. The molecule has 0 heterocycles. The van der Waals surface area contributed by atoms with Crippen molar-refractivity contribution in [1.29, 1.82) is 0 Å². The van der Waals surface area contributed by atoms with Crippen LogP contribution in [0.25, 0.3) is 11.1 Å². The normalized spacial score (nSPS) is 11.0. The van der Waals surface area contributed by atoms with Crippen LogP contribution in [0.4, 0.5) is 5.69 Å². The number of benzene rings is 3. The Kier molecular flexibility index (Phi) is 4.31. The molecule has 0 amide bonds. The second-order valence-corrected chi connectivity index (χ2v) is 5.47. The van der Waals surface area contributed by atoms with Crippen molar-refractivity contribution in [3.63, 3.8) is 0 Å². The van der Waals surface area contributed by atoms with Crippen molar-refractivity contribution < 1.29 is 10.2 Å². The number of aliphatic imine (C=N–C) groups is 1. The Labute approximate surface area is 139 Å². The minimum Gasteiger partial charge on any atom is -0.507 e. The lowest BCUT2D eigenvalue weighted by Gasteiger charge is -2.05. The molecule has 0 aliphatic heterocycles. The number of aromatic hydroxyl groups is 2. The van der Waals surface area contributed by atoms with Crippen LogP contribution in [-0.4, -0.2) is 16.4 Å². The van der Waals surface area contributed by atoms with Crippen LogP contribution in [0, 0.1) is 0 Å². The van der Waals surface area contributed by atoms with E-state index in [0.717, 1.165) is 11.1 Å². The Morgan fingerprint density at radius 3 is 2.30 bits per heavy atom. The maximum Gasteiger partial charge on any atom is 0.141 e. The van der Waals surface area contributed by atoms with E-state index in [1.54, 1.807) is 24.3 Å². The first kappa shape index (κ1) is 15.1. The van der Waals surface area contributed by atoms with Crippen LogP contribution in [0.1, 0.15) is 5.56 Å². The highest BCUT2D eigenvalue weighted by Gasteiger charge is 2.04. The van der Waals surface area contributed by atoms with Crippen molar-refractivity contribution in [2.24, 2.45) is 4.99 Å². The van der Waals surface area contributed by atoms with Crippen molar-refractivity contribution in [1.82, 2.24) is 0 Å². The minimum atomic E-state index is 0.0717. The Balaban J connectivity index is 1.97. The fourth-order valence-electron chi connectivity index (χ4n) is 2.20. The summed E-state index contributed by atoms with van der Waals surface area (Å²) in [7, 11) is 0. The molecular formula is C19H14ClNO2. The lowest BCUT2D eigenvalue weighted by molar-refractivity contribution is 0.474. The van der Waals surface area contributed by atoms with Gasteiger partial charge in [-0.15, -0.1) is 0 Å². The predicted molar refractivity (Wildman–Crippen MR) is 93.9 cm³/mol. The smallest absolute Gasteiger partial charge is 0.141 e. The van der Waals surface area contributed by atoms with Gasteiger partial charge in [-0.3, -0.25) is 4.99 Å². The molecule has 0 bridgehead atoms. The van der Waals surface area contributed by atoms with Gasteiger partial charge in [-0.05, 0) is 41.5 Å². The molecule has 0 atom stereocenters. The Morgan fingerprint density at radius 2 is 1.52 bits per heavy atom. The molecule has 0 aromatic heterocycles. The standard InChI is InChI=1S/C19H14ClNO2/c20-16-7-9-18(22)15(10-16)12-21-17-11-14(6-8-19(17)23)13-4-2-1-3-5-13/h1-12,22-23H. The monoisotopic (exact) mass is 323 g/mol. The molecule has 0 fully saturated rings. The van der Waals surface area contributed by atoms with Gasteiger partial charge in [0.15, 0.2) is 0 Å². The average molecular weight is 324 g/mol. The van der Waals surface area contributed by atoms with Crippen LogP contribution >= 0.6 is 11.6 Å². The predicted octanol–water partition coefficient (Wildman–Crippen LogP) is 5.17. The zero-order valence-electron chi connectivity index (χ0n) is 12.1. The number of phenols is 2. The van der Waals surface area contributed by atoms with Crippen LogP contribution < -0.4 is 0 Å². The lowest BCUT2D eigenvalue weighted by Crippen LogP contribution is -1.83. The second kappa shape index (κ2) is 6.55. The third-order valence-electron chi connectivity index (χ3n) is 3.41. The first-order valence-electron chi connectivity index (χ1n) is 7.04. The van der Waals surface area contributed by atoms with Crippen LogP contribution in [0.15, 0.2) is 71.7 Å². The van der Waals surface area contributed by atoms with E-state index < -0.39 is 0 Å². The van der Waals surface area contributed by atoms with Gasteiger partial charge < -0.3 is 10.2 Å². The summed E-state index contributed by atoms with van der Waals surface area (Å²) >= 11 is 5.91. The molecule has 3 rings (SSSR count). The molecule has 3 nitrogen and oxygen atoms in total. The molecule has 0 spiro atoms. The maximum absolute atomic E-state index is 9.98. The van der Waals surface area contributed by atoms with E-state index in [9.17, 15) is 10.2 Å². The Morgan fingerprint density at radius 1 is 0.783 bits per heavy atom. The largest absolute Gasteiger partial charge is 0.507 e. The molecule has 0 unspecified atom stereocenters. The summed E-state index contributed by atoms with van der Waals surface area (Å²) in [4.78, 5) is 4.27. The van der Waals surface area contributed by atoms with Crippen LogP contribution in [0.5, 0.6) is 11.5 Å². The van der Waals surface area contributed by atoms with Gasteiger partial charge in [0, 0.05) is 16.8 Å². The fourth-order valence-corrected chi connectivity index (χ4v) is 2.39. The maximum atomic E-state index is 9.98. The molecule has 0 aliphatic carbocycles. The van der Waals surface area contributed by atoms with E-state index in [1.807, 2.05) is 36.4 Å². The molecule has 3 aromatic rings. The number of rotatable bonds is 3. The van der Waals surface area contributed by atoms with Gasteiger partial charge in [-0.25, -0.2) is 0 Å². The highest BCUT2D eigenvalue weighted by molar-refractivity contribution is 6.30. The van der Waals surface area contributed by atoms with Crippen LogP contribution in [0.2, 0.25) is 5.02 Å². The number of hydrogen-bond donors (Lipinski definition) is 2. The Hall–Kier alpha value is -2.78. The summed E-state index contributed by atoms with van der Waals surface area (Å²) in [5.74, 6) is 0.152. The first-order chi connectivity index (χ1) is 11.1. The van der Waals surface area contributed by atoms with E-state index in [0.29, 0.717) is 16.3 Å². The molecule has 0 aliphatic rings. The topological polar surface area (TPSA) is 52.8 Å². The molecule has 0 saturated carbocycles. The summed E-state index contributed by atoms with van der Waals surface area (Å²) in [6, 6.07) is 19.8. The Bertz CT molecular complexity index is 860. The minimum absolute atomic E-state index is 0.0717. The van der Waals surface area contributed by atoms with Gasteiger partial charge in [0.05, 0.1) is 0 Å². The number of nitrogens with zero attached hydrogens (tertiary/aromatic N) is 1. The van der Waals surface area contributed by atoms with Crippen molar-refractivity contribution in [2.75, 3.05) is 0 Å². The van der Waals surface area contributed by atoms with E-state index in [2.05, 4.69) is 4.99 Å². The summed E-state index contributed by atoms with van der Waals surface area (Å²) in [6.45, 7) is 0. The molecular weight excluding hydrogens is 310 g/mol. The summed E-state index contributed by atoms with van der Waals surface area (Å²) in [5.41, 5.74) is 2.90. The van der Waals surface area contributed by atoms with E-state index >= 15 is 0 Å². The zero-order valence-corrected chi connectivity index (χ0v) is 12.9. The fraction of sp³-hybridized carbons (Fsp3) is 0. The third kappa shape index (κ3) is 3.52. The third-order valence-corrected chi connectivity index (χ3v) is 3.65. The van der Waals surface area contributed by atoms with Crippen molar-refractivity contribution in [2.45, 2.75) is 0 Å². The van der Waals surface area contributed by atoms with Gasteiger partial charge in [-0.2, -0.15) is 0 Å². The van der Waals surface area contributed by atoms with Gasteiger partial charge in [0.25, 0.3) is 0 Å². The summed E-state index contributed by atoms with van der Waals surface area (Å²) < 4.78 is 0. The second-order valence-electron chi connectivity index (χ2n) is 5.03. The first-order valence-corrected chi connectivity index (χ1v) is 7.42. The van der Waals surface area contributed by atoms with E-state index in [-0.39, 0.29) is 11.5 Å². The van der Waals surface area contributed by atoms with E-state index in [4.69, 9.17) is 11.6 Å². The molecule has 23 heavy (non-hydrogen) atoms. The quantitative estimate of drug-likeness (QED) is 0.653. The zero-order chi connectivity index (χ0) is 16.2. The SMILES string of the molecule is Oc1ccc(Cl)cc1C=Nc1cc(-c2ccccc2)ccc1O. The van der Waals surface area contributed by atoms with Gasteiger partial charge in [0.2, 0.25) is 0 Å². The molecule has 4 heteroatoms. The van der Waals surface area contributed by atoms with Crippen molar-refractivity contribution in [3.05, 3.63) is 77.3 Å². The molecule has 0 radical (unpaired) electrons. The lowest BCUT2D eigenvalue weighted by atomic mass is 10.0. The highest BCUT2D eigenvalue weighted by Crippen LogP contribution is 2.32. The van der Waals surface area contributed by atoms with Crippen LogP contribution in [-0.2, 0) is 0 Å². The highest BCUT2D eigenvalue weighted by atomic mass is 35.5. The van der Waals surface area contributed by atoms with Gasteiger partial charge in [-0.1, -0.05) is 48.0 Å². The molecule has 3 aromatic carbocycles. The molecule has 2 N–H and O–H groups in total. The molecule has 114 valence electrons. The van der Waals surface area contributed by atoms with Crippen molar-refractivity contribution >= 4 is 23.5 Å². The summed E-state index contributed by atoms with van der Waals surface area (Å²) in [5, 5.41) is 20.3. The number of hydrogen-bond acceptors (Lipinski definition) is 3. The average Bonchev–Trinajstić information content (AvgIpc) is 2.58. The van der Waals surface area contributed by atoms with Crippen molar-refractivity contribution in [3.8, 4) is 22.6 Å². The summed E-state index contributed by atoms with van der Waals surface area (Å²) in [6.07, 6.45) is 1.48. The van der Waals surface area contributed by atoms with Gasteiger partial charge in [0.1, 0.15) is 17.2 Å². The van der Waals surface area contributed by atoms with E-state index in [1.165, 1.54) is 12.3 Å². The van der Waals surface area contributed by atoms with Gasteiger partial charge >= 0.3 is 0 Å². The molecule has 0 saturated heterocycles. The number of halogens is 1. The van der Waals surface area contributed by atoms with Crippen LogP contribution in [0.3, 0.4) is 0 Å².